The van der Waals surface area contributed by atoms with Crippen LogP contribution in [0.25, 0.3) is 0 Å². The highest BCUT2D eigenvalue weighted by molar-refractivity contribution is 6.71. The smallest absolute Gasteiger partial charge is 0.264 e. The van der Waals surface area contributed by atoms with Crippen LogP contribution in [0.4, 0.5) is 11.4 Å². The van der Waals surface area contributed by atoms with Gasteiger partial charge in [-0.15, -0.1) is 0 Å². The molecule has 3 aliphatic heterocycles. The van der Waals surface area contributed by atoms with Gasteiger partial charge in [-0.2, -0.15) is 5.10 Å². The Bertz CT molecular complexity index is 2020. The number of benzene rings is 4. The summed E-state index contributed by atoms with van der Waals surface area (Å²) in [6.07, 6.45) is 0.148. The van der Waals surface area contributed by atoms with E-state index in [9.17, 15) is 24.3 Å². The van der Waals surface area contributed by atoms with Gasteiger partial charge in [0.1, 0.15) is 0 Å². The predicted octanol–water partition coefficient (Wildman–Crippen LogP) is 5.97. The van der Waals surface area contributed by atoms with Crippen molar-refractivity contribution in [1.82, 2.24) is 4.90 Å². The molecular formula is C42H46N4O6Si. The van der Waals surface area contributed by atoms with Crippen molar-refractivity contribution in [2.24, 2.45) is 11.0 Å². The fourth-order valence-electron chi connectivity index (χ4n) is 8.47. The zero-order valence-corrected chi connectivity index (χ0v) is 31.4. The number of aliphatic hydroxyl groups excluding tert-OH is 1. The minimum Gasteiger partial charge on any atom is -0.432 e. The summed E-state index contributed by atoms with van der Waals surface area (Å²) in [4.78, 5) is 57.0. The SMILES string of the molecule is C[C@@H]1[C@@H]([Si](C)(C)O)[C@H](CC(=O)N(CCO)Cc2ccccc2)O[C@@]12C(=O)N(Cc1cccc(N3N=C(c4ccccc4)CCC3=O)c1)c1ccccc12. The lowest BCUT2D eigenvalue weighted by Gasteiger charge is -2.32. The van der Waals surface area contributed by atoms with E-state index in [0.717, 1.165) is 22.4 Å². The normalized spacial score (nSPS) is 22.7. The molecule has 4 aromatic rings. The second kappa shape index (κ2) is 14.8. The Morgan fingerprint density at radius 3 is 2.32 bits per heavy atom. The molecule has 1 spiro atoms. The van der Waals surface area contributed by atoms with E-state index in [1.165, 1.54) is 5.01 Å². The van der Waals surface area contributed by atoms with E-state index in [1.807, 2.05) is 129 Å². The van der Waals surface area contributed by atoms with Crippen molar-refractivity contribution in [2.75, 3.05) is 23.1 Å². The maximum Gasteiger partial charge on any atom is 0.264 e. The molecule has 0 saturated carbocycles. The Labute approximate surface area is 311 Å². The summed E-state index contributed by atoms with van der Waals surface area (Å²) < 4.78 is 6.91. The average molecular weight is 731 g/mol. The number of carbonyl (C=O) groups excluding carboxylic acids is 3. The molecule has 7 rings (SSSR count). The van der Waals surface area contributed by atoms with Crippen molar-refractivity contribution >= 4 is 43.1 Å². The molecule has 0 aromatic heterocycles. The van der Waals surface area contributed by atoms with Gasteiger partial charge in [0.05, 0.1) is 42.8 Å². The van der Waals surface area contributed by atoms with Crippen LogP contribution in [0, 0.1) is 5.92 Å². The number of rotatable bonds is 11. The number of anilines is 2. The van der Waals surface area contributed by atoms with Crippen LogP contribution >= 0.6 is 0 Å². The number of para-hydroxylation sites is 1. The fourth-order valence-corrected chi connectivity index (χ4v) is 11.0. The van der Waals surface area contributed by atoms with Gasteiger partial charge < -0.3 is 24.4 Å². The van der Waals surface area contributed by atoms with Gasteiger partial charge in [0, 0.05) is 43.0 Å². The van der Waals surface area contributed by atoms with E-state index < -0.39 is 31.5 Å². The molecular weight excluding hydrogens is 685 g/mol. The first-order chi connectivity index (χ1) is 25.5. The lowest BCUT2D eigenvalue weighted by Crippen LogP contribution is -2.46. The zero-order chi connectivity index (χ0) is 37.3. The van der Waals surface area contributed by atoms with E-state index >= 15 is 0 Å². The number of fused-ring (bicyclic) bond motifs is 2. The number of hydrazone groups is 1. The molecule has 274 valence electrons. The van der Waals surface area contributed by atoms with Crippen molar-refractivity contribution in [1.29, 1.82) is 0 Å². The van der Waals surface area contributed by atoms with Crippen LogP contribution in [0.15, 0.2) is 114 Å². The number of nitrogens with zero attached hydrogens (tertiary/aromatic N) is 4. The number of ether oxygens (including phenoxy) is 1. The van der Waals surface area contributed by atoms with Crippen LogP contribution in [-0.2, 0) is 37.8 Å². The van der Waals surface area contributed by atoms with Gasteiger partial charge in [0.25, 0.3) is 5.91 Å². The Kier molecular flexibility index (Phi) is 10.2. The quantitative estimate of drug-likeness (QED) is 0.183. The Morgan fingerprint density at radius 2 is 1.60 bits per heavy atom. The number of hydrogen-bond donors (Lipinski definition) is 2. The van der Waals surface area contributed by atoms with E-state index in [2.05, 4.69) is 0 Å². The number of amides is 3. The molecule has 1 saturated heterocycles. The van der Waals surface area contributed by atoms with Crippen molar-refractivity contribution < 1.29 is 29.0 Å². The van der Waals surface area contributed by atoms with Crippen LogP contribution in [0.3, 0.4) is 0 Å². The molecule has 0 aliphatic carbocycles. The lowest BCUT2D eigenvalue weighted by atomic mass is 9.82. The van der Waals surface area contributed by atoms with Crippen LogP contribution in [-0.4, -0.2) is 65.8 Å². The van der Waals surface area contributed by atoms with Crippen LogP contribution in [0.1, 0.15) is 48.4 Å². The molecule has 0 unspecified atom stereocenters. The van der Waals surface area contributed by atoms with E-state index in [1.54, 1.807) is 9.80 Å². The monoisotopic (exact) mass is 730 g/mol. The maximum atomic E-state index is 14.9. The van der Waals surface area contributed by atoms with E-state index in [0.29, 0.717) is 36.3 Å². The summed E-state index contributed by atoms with van der Waals surface area (Å²) in [5.74, 6) is -0.989. The van der Waals surface area contributed by atoms with Gasteiger partial charge in [-0.05, 0) is 48.0 Å². The summed E-state index contributed by atoms with van der Waals surface area (Å²) in [7, 11) is -3.01. The minimum absolute atomic E-state index is 0.0343. The standard InChI is InChI=1S/C42H46N4O6Si/c1-29-40(53(2,3)51)37(26-39(49)44(23-24-47)27-30-13-6-4-7-14-30)52-42(29)34-19-10-11-20-36(34)45(41(42)50)28-31-15-12-18-33(25-31)46-38(48)22-21-35(43-46)32-16-8-5-9-17-32/h4-20,25,29,37,40,47,51H,21-24,26-28H2,1-3H3/t29-,37+,40-,42+/m1/s1. The number of hydrogen-bond acceptors (Lipinski definition) is 7. The van der Waals surface area contributed by atoms with Crippen LogP contribution < -0.4 is 9.91 Å². The summed E-state index contributed by atoms with van der Waals surface area (Å²) in [5.41, 5.74) is 3.77. The van der Waals surface area contributed by atoms with Gasteiger partial charge >= 0.3 is 0 Å². The highest BCUT2D eigenvalue weighted by Crippen LogP contribution is 2.59. The largest absolute Gasteiger partial charge is 0.432 e. The second-order valence-electron chi connectivity index (χ2n) is 14.8. The van der Waals surface area contributed by atoms with Gasteiger partial charge in [0.15, 0.2) is 13.9 Å². The van der Waals surface area contributed by atoms with Crippen LogP contribution in [0.2, 0.25) is 18.6 Å². The van der Waals surface area contributed by atoms with Crippen molar-refractivity contribution in [3.8, 4) is 0 Å². The van der Waals surface area contributed by atoms with Crippen molar-refractivity contribution in [2.45, 2.75) is 69.6 Å². The molecule has 1 fully saturated rings. The fraction of sp³-hybridized carbons (Fsp3) is 0.333. The third-order valence-corrected chi connectivity index (χ3v) is 13.3. The molecule has 4 atom stereocenters. The first kappa shape index (κ1) is 36.4. The van der Waals surface area contributed by atoms with Gasteiger partial charge in [-0.25, -0.2) is 5.01 Å². The average Bonchev–Trinajstić information content (AvgIpc) is 3.58. The molecule has 2 N–H and O–H groups in total. The molecule has 53 heavy (non-hydrogen) atoms. The molecule has 11 heteroatoms. The van der Waals surface area contributed by atoms with Gasteiger partial charge in [0.2, 0.25) is 11.8 Å². The van der Waals surface area contributed by atoms with Gasteiger partial charge in [-0.1, -0.05) is 97.9 Å². The topological polar surface area (TPSA) is 123 Å². The minimum atomic E-state index is -3.01. The molecule has 10 nitrogen and oxygen atoms in total. The second-order valence-corrected chi connectivity index (χ2v) is 18.8. The Hall–Kier alpha value is -4.94. The molecule has 0 radical (unpaired) electrons. The third-order valence-electron chi connectivity index (χ3n) is 10.8. The number of aliphatic hydroxyl groups is 1. The molecule has 0 bridgehead atoms. The summed E-state index contributed by atoms with van der Waals surface area (Å²) >= 11 is 0. The highest BCUT2D eigenvalue weighted by atomic mass is 28.4. The molecule has 3 amide bonds. The van der Waals surface area contributed by atoms with Crippen molar-refractivity contribution in [3.05, 3.63) is 131 Å². The third kappa shape index (κ3) is 6.97. The first-order valence-electron chi connectivity index (χ1n) is 18.3. The molecule has 3 heterocycles. The summed E-state index contributed by atoms with van der Waals surface area (Å²) in [6, 6.07) is 34.6. The molecule has 3 aliphatic rings. The number of carbonyl (C=O) groups is 3. The maximum absolute atomic E-state index is 14.9. The highest BCUT2D eigenvalue weighted by Gasteiger charge is 2.66. The molecule has 4 aromatic carbocycles. The van der Waals surface area contributed by atoms with E-state index in [4.69, 9.17) is 9.84 Å². The Balaban J connectivity index is 1.18. The Morgan fingerprint density at radius 1 is 0.925 bits per heavy atom. The first-order valence-corrected chi connectivity index (χ1v) is 21.3. The van der Waals surface area contributed by atoms with Crippen molar-refractivity contribution in [3.63, 3.8) is 0 Å². The lowest BCUT2D eigenvalue weighted by molar-refractivity contribution is -0.150. The predicted molar refractivity (Wildman–Crippen MR) is 207 cm³/mol. The summed E-state index contributed by atoms with van der Waals surface area (Å²) in [5, 5.41) is 16.0. The zero-order valence-electron chi connectivity index (χ0n) is 30.4. The summed E-state index contributed by atoms with van der Waals surface area (Å²) in [6.45, 7) is 6.14. The van der Waals surface area contributed by atoms with E-state index in [-0.39, 0.29) is 43.8 Å². The van der Waals surface area contributed by atoms with Crippen LogP contribution in [0.5, 0.6) is 0 Å². The van der Waals surface area contributed by atoms with Gasteiger partial charge in [-0.3, -0.25) is 14.4 Å².